The Balaban J connectivity index is 2.41. The molecule has 1 heterocycles. The molecule has 0 aliphatic carbocycles. The zero-order chi connectivity index (χ0) is 15.9. The molecule has 0 fully saturated rings. The average Bonchev–Trinajstić information content (AvgIpc) is 2.88. The van der Waals surface area contributed by atoms with E-state index in [0.717, 1.165) is 17.9 Å². The normalized spacial score (nSPS) is 14.0. The van der Waals surface area contributed by atoms with Gasteiger partial charge in [0.05, 0.1) is 18.0 Å². The minimum absolute atomic E-state index is 0.00635. The van der Waals surface area contributed by atoms with E-state index in [1.165, 1.54) is 6.26 Å². The number of nitrogens with zero attached hydrogens (tertiary/aromatic N) is 2. The highest BCUT2D eigenvalue weighted by atomic mass is 32.2. The molecule has 21 heavy (non-hydrogen) atoms. The molecule has 0 aromatic carbocycles. The predicted molar refractivity (Wildman–Crippen MR) is 83.0 cm³/mol. The lowest BCUT2D eigenvalue weighted by Crippen LogP contribution is -2.42. The van der Waals surface area contributed by atoms with Gasteiger partial charge in [-0.3, -0.25) is 4.99 Å². The molecular weight excluding hydrogens is 292 g/mol. The summed E-state index contributed by atoms with van der Waals surface area (Å²) in [4.78, 5) is 4.10. The summed E-state index contributed by atoms with van der Waals surface area (Å²) in [5.41, 5.74) is 0.913. The van der Waals surface area contributed by atoms with Crippen LogP contribution in [-0.4, -0.2) is 44.6 Å². The third-order valence-electron chi connectivity index (χ3n) is 2.93. The van der Waals surface area contributed by atoms with E-state index in [9.17, 15) is 8.42 Å². The summed E-state index contributed by atoms with van der Waals surface area (Å²) in [5, 5.41) is 10.2. The van der Waals surface area contributed by atoms with Crippen LogP contribution in [0.2, 0.25) is 0 Å². The van der Waals surface area contributed by atoms with E-state index in [1.54, 1.807) is 7.05 Å². The van der Waals surface area contributed by atoms with Crippen molar-refractivity contribution in [2.75, 3.05) is 19.1 Å². The largest absolute Gasteiger partial charge is 0.359 e. The van der Waals surface area contributed by atoms with Crippen molar-refractivity contribution in [3.63, 3.8) is 0 Å². The van der Waals surface area contributed by atoms with E-state index in [0.29, 0.717) is 18.9 Å². The monoisotopic (exact) mass is 316 g/mol. The lowest BCUT2D eigenvalue weighted by atomic mass is 10.3. The van der Waals surface area contributed by atoms with Crippen molar-refractivity contribution in [3.8, 4) is 0 Å². The highest BCUT2D eigenvalue weighted by Crippen LogP contribution is 2.03. The van der Waals surface area contributed by atoms with Gasteiger partial charge in [0.25, 0.3) is 0 Å². The molecule has 1 unspecified atom stereocenters. The first-order valence-electron chi connectivity index (χ1n) is 6.93. The molecule has 0 aliphatic heterocycles. The van der Waals surface area contributed by atoms with Gasteiger partial charge in [0.1, 0.15) is 9.84 Å². The zero-order valence-corrected chi connectivity index (χ0v) is 13.8. The van der Waals surface area contributed by atoms with Gasteiger partial charge in [0.15, 0.2) is 11.7 Å². The van der Waals surface area contributed by atoms with Crippen LogP contribution in [0.4, 0.5) is 0 Å². The van der Waals surface area contributed by atoms with Gasteiger partial charge < -0.3 is 15.2 Å². The van der Waals surface area contributed by atoms with E-state index in [4.69, 9.17) is 4.52 Å². The molecule has 1 aromatic rings. The number of rotatable bonds is 7. The fraction of sp³-hybridized carbons (Fsp3) is 0.692. The molecule has 0 saturated carbocycles. The topological polar surface area (TPSA) is 96.6 Å². The summed E-state index contributed by atoms with van der Waals surface area (Å²) < 4.78 is 27.5. The standard InChI is InChI=1S/C13H24N4O3S/c1-5-11-8-12(20-17-11)9-15-13(14-3)16-10(2)6-7-21(4,18)19/h8,10H,5-7,9H2,1-4H3,(H2,14,15,16). The van der Waals surface area contributed by atoms with Gasteiger partial charge in [0.2, 0.25) is 0 Å². The number of guanidine groups is 1. The first-order valence-corrected chi connectivity index (χ1v) is 8.99. The second-order valence-electron chi connectivity index (χ2n) is 5.03. The van der Waals surface area contributed by atoms with E-state index in [-0.39, 0.29) is 11.8 Å². The van der Waals surface area contributed by atoms with Crippen LogP contribution in [0.25, 0.3) is 0 Å². The smallest absolute Gasteiger partial charge is 0.191 e. The maximum atomic E-state index is 11.1. The van der Waals surface area contributed by atoms with Gasteiger partial charge in [0, 0.05) is 25.4 Å². The van der Waals surface area contributed by atoms with Gasteiger partial charge in [-0.15, -0.1) is 0 Å². The minimum Gasteiger partial charge on any atom is -0.359 e. The molecule has 1 atom stereocenters. The van der Waals surface area contributed by atoms with E-state index in [1.807, 2.05) is 19.9 Å². The Kier molecular flexibility index (Phi) is 6.67. The molecule has 1 aromatic heterocycles. The minimum atomic E-state index is -2.94. The van der Waals surface area contributed by atoms with Crippen LogP contribution < -0.4 is 10.6 Å². The Labute approximate surface area is 126 Å². The highest BCUT2D eigenvalue weighted by molar-refractivity contribution is 7.90. The molecule has 0 saturated heterocycles. The van der Waals surface area contributed by atoms with Crippen LogP contribution in [0.1, 0.15) is 31.7 Å². The second kappa shape index (κ2) is 8.02. The van der Waals surface area contributed by atoms with Crippen LogP contribution in [0.3, 0.4) is 0 Å². The molecule has 0 radical (unpaired) electrons. The highest BCUT2D eigenvalue weighted by Gasteiger charge is 2.10. The average molecular weight is 316 g/mol. The van der Waals surface area contributed by atoms with Crippen molar-refractivity contribution in [1.82, 2.24) is 15.8 Å². The molecule has 1 rings (SSSR count). The van der Waals surface area contributed by atoms with Crippen LogP contribution >= 0.6 is 0 Å². The summed E-state index contributed by atoms with van der Waals surface area (Å²) in [7, 11) is -1.28. The second-order valence-corrected chi connectivity index (χ2v) is 7.29. The number of sulfone groups is 1. The molecule has 0 bridgehead atoms. The summed E-state index contributed by atoms with van der Waals surface area (Å²) in [6, 6.07) is 1.90. The summed E-state index contributed by atoms with van der Waals surface area (Å²) in [5.74, 6) is 1.49. The third kappa shape index (κ3) is 7.12. The van der Waals surface area contributed by atoms with Crippen molar-refractivity contribution in [3.05, 3.63) is 17.5 Å². The van der Waals surface area contributed by atoms with Crippen molar-refractivity contribution in [2.24, 2.45) is 4.99 Å². The van der Waals surface area contributed by atoms with E-state index in [2.05, 4.69) is 20.8 Å². The van der Waals surface area contributed by atoms with Gasteiger partial charge in [-0.25, -0.2) is 8.42 Å². The Morgan fingerprint density at radius 1 is 1.52 bits per heavy atom. The summed E-state index contributed by atoms with van der Waals surface area (Å²) in [6.45, 7) is 4.41. The molecule has 2 N–H and O–H groups in total. The van der Waals surface area contributed by atoms with E-state index < -0.39 is 9.84 Å². The maximum absolute atomic E-state index is 11.1. The number of aryl methyl sites for hydroxylation is 1. The molecule has 7 nitrogen and oxygen atoms in total. The Bertz CT molecular complexity index is 566. The molecular formula is C13H24N4O3S. The lowest BCUT2D eigenvalue weighted by Gasteiger charge is -2.16. The van der Waals surface area contributed by atoms with Crippen molar-refractivity contribution in [2.45, 2.75) is 39.3 Å². The number of hydrogen-bond donors (Lipinski definition) is 2. The van der Waals surface area contributed by atoms with Gasteiger partial charge in [-0.05, 0) is 19.8 Å². The predicted octanol–water partition coefficient (Wildman–Crippen LogP) is 0.725. The first-order chi connectivity index (χ1) is 9.84. The Morgan fingerprint density at radius 2 is 2.24 bits per heavy atom. The maximum Gasteiger partial charge on any atom is 0.191 e. The number of aliphatic imine (C=N–C) groups is 1. The van der Waals surface area contributed by atoms with Crippen molar-refractivity contribution in [1.29, 1.82) is 0 Å². The van der Waals surface area contributed by atoms with Crippen LogP contribution in [-0.2, 0) is 22.8 Å². The SMILES string of the molecule is CCc1cc(CNC(=NC)NC(C)CCS(C)(=O)=O)on1. The lowest BCUT2D eigenvalue weighted by molar-refractivity contribution is 0.374. The van der Waals surface area contributed by atoms with E-state index >= 15 is 0 Å². The Morgan fingerprint density at radius 3 is 2.76 bits per heavy atom. The number of aromatic nitrogens is 1. The summed E-state index contributed by atoms with van der Waals surface area (Å²) in [6.07, 6.45) is 2.60. The van der Waals surface area contributed by atoms with Crippen LogP contribution in [0.5, 0.6) is 0 Å². The van der Waals surface area contributed by atoms with Gasteiger partial charge in [-0.2, -0.15) is 0 Å². The zero-order valence-electron chi connectivity index (χ0n) is 13.0. The van der Waals surface area contributed by atoms with Crippen molar-refractivity contribution >= 4 is 15.8 Å². The first kappa shape index (κ1) is 17.5. The number of nitrogens with one attached hydrogen (secondary N) is 2. The Hall–Kier alpha value is -1.57. The van der Waals surface area contributed by atoms with Crippen LogP contribution in [0, 0.1) is 0 Å². The fourth-order valence-corrected chi connectivity index (χ4v) is 2.45. The van der Waals surface area contributed by atoms with Gasteiger partial charge >= 0.3 is 0 Å². The molecule has 0 aliphatic rings. The quantitative estimate of drug-likeness (QED) is 0.568. The molecule has 0 spiro atoms. The molecule has 8 heteroatoms. The molecule has 0 amide bonds. The van der Waals surface area contributed by atoms with Crippen molar-refractivity contribution < 1.29 is 12.9 Å². The van der Waals surface area contributed by atoms with Gasteiger partial charge in [-0.1, -0.05) is 12.1 Å². The fourth-order valence-electron chi connectivity index (χ4n) is 1.67. The van der Waals surface area contributed by atoms with Crippen LogP contribution in [0.15, 0.2) is 15.6 Å². The number of hydrogen-bond acceptors (Lipinski definition) is 5. The summed E-state index contributed by atoms with van der Waals surface area (Å²) >= 11 is 0. The third-order valence-corrected chi connectivity index (χ3v) is 3.91. The molecule has 120 valence electrons.